The molecule has 0 atom stereocenters. The van der Waals surface area contributed by atoms with Crippen LogP contribution in [0.4, 0.5) is 0 Å². The first-order valence-corrected chi connectivity index (χ1v) is 4.51. The van der Waals surface area contributed by atoms with Gasteiger partial charge in [0, 0.05) is 24.6 Å². The first-order valence-electron chi connectivity index (χ1n) is 4.51. The van der Waals surface area contributed by atoms with Crippen molar-refractivity contribution in [2.45, 2.75) is 5.91 Å². The lowest BCUT2D eigenvalue weighted by Gasteiger charge is -2.23. The largest absolute Gasteiger partial charge is 0.528 e. The van der Waals surface area contributed by atoms with Crippen molar-refractivity contribution >= 4 is 12.4 Å². The number of hydrogen-bond donors (Lipinski definition) is 2. The van der Waals surface area contributed by atoms with Crippen LogP contribution in [0, 0.1) is 0 Å². The zero-order valence-corrected chi connectivity index (χ0v) is 7.27. The Balaban J connectivity index is 2.13. The molecule has 66 valence electrons. The summed E-state index contributed by atoms with van der Waals surface area (Å²) in [6.07, 6.45) is 12.2. The summed E-state index contributed by atoms with van der Waals surface area (Å²) in [7, 11) is 0. The molecule has 13 heavy (non-hydrogen) atoms. The van der Waals surface area contributed by atoms with Gasteiger partial charge in [-0.25, -0.2) is 0 Å². The van der Waals surface area contributed by atoms with Crippen LogP contribution >= 0.6 is 0 Å². The molecule has 0 aromatic rings. The molecular formula is C9H12N4+2. The molecule has 1 spiro atoms. The van der Waals surface area contributed by atoms with Crippen molar-refractivity contribution in [3.8, 4) is 0 Å². The van der Waals surface area contributed by atoms with E-state index in [0.717, 1.165) is 13.1 Å². The van der Waals surface area contributed by atoms with Crippen LogP contribution in [-0.4, -0.2) is 40.6 Å². The Morgan fingerprint density at radius 3 is 2.00 bits per heavy atom. The van der Waals surface area contributed by atoms with Crippen LogP contribution in [0.5, 0.6) is 0 Å². The summed E-state index contributed by atoms with van der Waals surface area (Å²) in [6.45, 7) is 2.09. The second-order valence-electron chi connectivity index (χ2n) is 3.36. The number of nitrogens with zero attached hydrogens (tertiary/aromatic N) is 2. The summed E-state index contributed by atoms with van der Waals surface area (Å²) in [5.41, 5.74) is 0. The topological polar surface area (TPSA) is 30.1 Å². The molecule has 3 heterocycles. The minimum Gasteiger partial charge on any atom is -0.252 e. The van der Waals surface area contributed by atoms with Crippen LogP contribution < -0.4 is 10.6 Å². The Morgan fingerprint density at radius 1 is 0.923 bits per heavy atom. The third-order valence-electron chi connectivity index (χ3n) is 2.71. The van der Waals surface area contributed by atoms with Crippen LogP contribution in [-0.2, 0) is 0 Å². The number of allylic oxidation sites excluding steroid dienone is 2. The fourth-order valence-corrected chi connectivity index (χ4v) is 2.06. The van der Waals surface area contributed by atoms with Crippen molar-refractivity contribution in [2.24, 2.45) is 0 Å². The quantitative estimate of drug-likeness (QED) is 0.464. The average Bonchev–Trinajstić information content (AvgIpc) is 2.56. The smallest absolute Gasteiger partial charge is 0.252 e. The van der Waals surface area contributed by atoms with Gasteiger partial charge in [0.15, 0.2) is 12.4 Å². The van der Waals surface area contributed by atoms with Crippen LogP contribution in [0.3, 0.4) is 0 Å². The lowest BCUT2D eigenvalue weighted by molar-refractivity contribution is -0.775. The van der Waals surface area contributed by atoms with Gasteiger partial charge in [-0.1, -0.05) is 0 Å². The normalized spacial score (nSPS) is 26.5. The summed E-state index contributed by atoms with van der Waals surface area (Å²) in [5, 5.41) is 6.69. The van der Waals surface area contributed by atoms with Crippen LogP contribution in [0.25, 0.3) is 0 Å². The molecule has 0 aromatic heterocycles. The van der Waals surface area contributed by atoms with E-state index in [0.29, 0.717) is 0 Å². The molecule has 1 saturated heterocycles. The molecule has 3 aliphatic heterocycles. The Hall–Kier alpha value is -1.58. The lowest BCUT2D eigenvalue weighted by atomic mass is 10.4. The highest BCUT2D eigenvalue weighted by atomic mass is 15.6. The zero-order valence-electron chi connectivity index (χ0n) is 7.27. The predicted octanol–water partition coefficient (Wildman–Crippen LogP) is -0.988. The van der Waals surface area contributed by atoms with E-state index in [1.807, 2.05) is 24.6 Å². The van der Waals surface area contributed by atoms with Gasteiger partial charge in [0.2, 0.25) is 13.1 Å². The van der Waals surface area contributed by atoms with E-state index < -0.39 is 0 Å². The molecule has 1 fully saturated rings. The van der Waals surface area contributed by atoms with Gasteiger partial charge in [0.05, 0.1) is 0 Å². The van der Waals surface area contributed by atoms with E-state index in [4.69, 9.17) is 0 Å². The van der Waals surface area contributed by atoms with E-state index in [2.05, 4.69) is 32.2 Å². The monoisotopic (exact) mass is 176 g/mol. The van der Waals surface area contributed by atoms with Gasteiger partial charge in [-0.05, 0) is 0 Å². The third-order valence-corrected chi connectivity index (χ3v) is 2.71. The van der Waals surface area contributed by atoms with Crippen molar-refractivity contribution in [2.75, 3.05) is 13.1 Å². The maximum atomic E-state index is 3.34. The molecule has 3 aliphatic rings. The first kappa shape index (κ1) is 6.88. The molecule has 0 saturated carbocycles. The SMILES string of the molecule is C1=CNC23NC=CC=[N+]2CC[N+]3=C1. The van der Waals surface area contributed by atoms with E-state index >= 15 is 0 Å². The van der Waals surface area contributed by atoms with E-state index in [1.54, 1.807) is 0 Å². The van der Waals surface area contributed by atoms with Gasteiger partial charge < -0.3 is 0 Å². The van der Waals surface area contributed by atoms with Gasteiger partial charge in [0.25, 0.3) is 0 Å². The molecule has 0 amide bonds. The van der Waals surface area contributed by atoms with Gasteiger partial charge in [0.1, 0.15) is 0 Å². The molecular weight excluding hydrogens is 164 g/mol. The van der Waals surface area contributed by atoms with Crippen LogP contribution in [0.1, 0.15) is 0 Å². The molecule has 0 aliphatic carbocycles. The Morgan fingerprint density at radius 2 is 1.46 bits per heavy atom. The molecule has 4 heteroatoms. The van der Waals surface area contributed by atoms with Crippen molar-refractivity contribution in [3.05, 3.63) is 24.6 Å². The fourth-order valence-electron chi connectivity index (χ4n) is 2.06. The van der Waals surface area contributed by atoms with Crippen LogP contribution in [0.2, 0.25) is 0 Å². The zero-order chi connectivity index (χ0) is 8.73. The standard InChI is InChI=1S/C9H10N4/c1-3-10-9-11-4-2-6-13(9)8-7-12(9)5-1/h1-6H,7-8H2/p+2. The highest BCUT2D eigenvalue weighted by Crippen LogP contribution is 2.15. The van der Waals surface area contributed by atoms with Crippen LogP contribution in [0.15, 0.2) is 24.6 Å². The minimum absolute atomic E-state index is 0.233. The van der Waals surface area contributed by atoms with Gasteiger partial charge in [-0.3, -0.25) is 10.6 Å². The molecule has 3 rings (SSSR count). The van der Waals surface area contributed by atoms with Crippen molar-refractivity contribution in [3.63, 3.8) is 0 Å². The lowest BCUT2D eigenvalue weighted by Crippen LogP contribution is -2.66. The maximum absolute atomic E-state index is 3.34. The molecule has 4 nitrogen and oxygen atoms in total. The molecule has 0 bridgehead atoms. The summed E-state index contributed by atoms with van der Waals surface area (Å²) >= 11 is 0. The number of rotatable bonds is 0. The third kappa shape index (κ3) is 0.748. The molecule has 0 unspecified atom stereocenters. The second-order valence-corrected chi connectivity index (χ2v) is 3.36. The van der Waals surface area contributed by atoms with E-state index in [9.17, 15) is 0 Å². The van der Waals surface area contributed by atoms with Crippen molar-refractivity contribution in [1.29, 1.82) is 0 Å². The first-order chi connectivity index (χ1) is 6.42. The van der Waals surface area contributed by atoms with Crippen molar-refractivity contribution in [1.82, 2.24) is 10.6 Å². The predicted molar refractivity (Wildman–Crippen MR) is 49.7 cm³/mol. The molecule has 2 N–H and O–H groups in total. The summed E-state index contributed by atoms with van der Waals surface area (Å²) in [4.78, 5) is 0. The fraction of sp³-hybridized carbons (Fsp3) is 0.333. The summed E-state index contributed by atoms with van der Waals surface area (Å²) in [5.74, 6) is -0.233. The van der Waals surface area contributed by atoms with E-state index in [1.165, 1.54) is 0 Å². The van der Waals surface area contributed by atoms with Gasteiger partial charge in [-0.2, -0.15) is 0 Å². The van der Waals surface area contributed by atoms with Gasteiger partial charge >= 0.3 is 5.91 Å². The molecule has 0 radical (unpaired) electrons. The summed E-state index contributed by atoms with van der Waals surface area (Å²) in [6, 6.07) is 0. The Kier molecular flexibility index (Phi) is 1.17. The van der Waals surface area contributed by atoms with E-state index in [-0.39, 0.29) is 5.91 Å². The second kappa shape index (κ2) is 2.22. The highest BCUT2D eigenvalue weighted by Gasteiger charge is 2.58. The Labute approximate surface area is 76.6 Å². The number of nitrogens with one attached hydrogen (secondary N) is 2. The maximum Gasteiger partial charge on any atom is 0.528 e. The minimum atomic E-state index is -0.233. The Bertz CT molecular complexity index is 326. The average molecular weight is 176 g/mol. The molecule has 0 aromatic carbocycles. The van der Waals surface area contributed by atoms with Crippen molar-refractivity contribution < 1.29 is 9.15 Å². The summed E-state index contributed by atoms with van der Waals surface area (Å²) < 4.78 is 4.51. The highest BCUT2D eigenvalue weighted by molar-refractivity contribution is 5.68. The number of hydrogen-bond acceptors (Lipinski definition) is 2. The van der Waals surface area contributed by atoms with Gasteiger partial charge in [-0.15, -0.1) is 9.15 Å².